The van der Waals surface area contributed by atoms with Gasteiger partial charge in [-0.25, -0.2) is 4.98 Å². The Bertz CT molecular complexity index is 726. The van der Waals surface area contributed by atoms with Gasteiger partial charge in [-0.3, -0.25) is 10.1 Å². The first-order valence-electron chi connectivity index (χ1n) is 9.91. The van der Waals surface area contributed by atoms with Crippen LogP contribution in [0, 0.1) is 5.92 Å². The number of hydrogen-bond acceptors (Lipinski definition) is 2. The predicted molar refractivity (Wildman–Crippen MR) is 99.7 cm³/mol. The summed E-state index contributed by atoms with van der Waals surface area (Å²) in [7, 11) is 0. The van der Waals surface area contributed by atoms with E-state index in [1.807, 2.05) is 12.1 Å². The molecule has 1 amide bonds. The van der Waals surface area contributed by atoms with E-state index in [1.165, 1.54) is 45.2 Å². The highest BCUT2D eigenvalue weighted by molar-refractivity contribution is 5.93. The third kappa shape index (κ3) is 3.71. The van der Waals surface area contributed by atoms with Crippen LogP contribution in [0.15, 0.2) is 24.3 Å². The second kappa shape index (κ2) is 7.56. The van der Waals surface area contributed by atoms with Crippen molar-refractivity contribution in [2.24, 2.45) is 5.92 Å². The van der Waals surface area contributed by atoms with Gasteiger partial charge in [-0.15, -0.1) is 0 Å². The topological polar surface area (TPSA) is 51.4 Å². The second-order valence-electron chi connectivity index (χ2n) is 7.61. The highest BCUT2D eigenvalue weighted by Gasteiger charge is 2.23. The fourth-order valence-electron chi connectivity index (χ4n) is 4.37. The number of benzene rings is 1. The quantitative estimate of drug-likeness (QED) is 0.876. The van der Waals surface area contributed by atoms with Gasteiger partial charge in [0.2, 0.25) is 11.9 Å². The standard InChI is InChI=1S/C20H28N4O/c25-19(16-8-2-1-3-9-16)22-20-21-17-10-4-5-11-18(17)24(20)15-14-23-12-6-7-13-23/h4-5,10-11,16H,1-3,6-9,12-15H2,(H,21,22,25)/p+1. The number of carbonyl (C=O) groups excluding carboxylic acids is 1. The number of carbonyl (C=O) groups is 1. The molecule has 1 aromatic heterocycles. The van der Waals surface area contributed by atoms with Gasteiger partial charge in [0.05, 0.1) is 37.2 Å². The van der Waals surface area contributed by atoms with Crippen molar-refractivity contribution < 1.29 is 9.69 Å². The van der Waals surface area contributed by atoms with E-state index >= 15 is 0 Å². The normalized spacial score (nSPS) is 19.5. The van der Waals surface area contributed by atoms with E-state index in [0.717, 1.165) is 42.9 Å². The number of aromatic nitrogens is 2. The summed E-state index contributed by atoms with van der Waals surface area (Å²) in [5, 5.41) is 3.15. The van der Waals surface area contributed by atoms with Crippen LogP contribution in [-0.2, 0) is 11.3 Å². The van der Waals surface area contributed by atoms with Gasteiger partial charge < -0.3 is 9.47 Å². The summed E-state index contributed by atoms with van der Waals surface area (Å²) >= 11 is 0. The van der Waals surface area contributed by atoms with Crippen molar-refractivity contribution in [1.29, 1.82) is 0 Å². The molecular formula is C20H29N4O+. The first-order valence-corrected chi connectivity index (χ1v) is 9.91. The maximum absolute atomic E-state index is 12.7. The zero-order valence-electron chi connectivity index (χ0n) is 15.0. The van der Waals surface area contributed by atoms with E-state index in [4.69, 9.17) is 4.98 Å². The van der Waals surface area contributed by atoms with Gasteiger partial charge in [-0.2, -0.15) is 0 Å². The first-order chi connectivity index (χ1) is 12.3. The van der Waals surface area contributed by atoms with Crippen molar-refractivity contribution in [3.05, 3.63) is 24.3 Å². The number of imidazole rings is 1. The molecular weight excluding hydrogens is 312 g/mol. The SMILES string of the molecule is O=C(Nc1nc2ccccc2n1CC[NH+]1CCCC1)C1CCCCC1. The van der Waals surface area contributed by atoms with Crippen LogP contribution in [0.3, 0.4) is 0 Å². The lowest BCUT2D eigenvalue weighted by molar-refractivity contribution is -0.887. The first kappa shape index (κ1) is 16.6. The predicted octanol–water partition coefficient (Wildman–Crippen LogP) is 2.23. The Kier molecular flexibility index (Phi) is 5.02. The van der Waals surface area contributed by atoms with Gasteiger partial charge in [-0.05, 0) is 25.0 Å². The number of quaternary nitrogens is 1. The average molecular weight is 341 g/mol. The number of nitrogens with zero attached hydrogens (tertiary/aromatic N) is 2. The van der Waals surface area contributed by atoms with Crippen molar-refractivity contribution in [3.63, 3.8) is 0 Å². The van der Waals surface area contributed by atoms with Crippen molar-refractivity contribution in [2.45, 2.75) is 51.5 Å². The number of hydrogen-bond donors (Lipinski definition) is 2. The van der Waals surface area contributed by atoms with Crippen LogP contribution in [0.1, 0.15) is 44.9 Å². The summed E-state index contributed by atoms with van der Waals surface area (Å²) in [6, 6.07) is 8.21. The molecule has 1 saturated heterocycles. The minimum Gasteiger partial charge on any atom is -0.333 e. The summed E-state index contributed by atoms with van der Waals surface area (Å²) in [5.41, 5.74) is 2.10. The van der Waals surface area contributed by atoms with Crippen molar-refractivity contribution in [3.8, 4) is 0 Å². The average Bonchev–Trinajstić information content (AvgIpc) is 3.28. The lowest BCUT2D eigenvalue weighted by Gasteiger charge is -2.21. The van der Waals surface area contributed by atoms with Gasteiger partial charge in [0.25, 0.3) is 0 Å². The molecule has 0 atom stereocenters. The zero-order chi connectivity index (χ0) is 17.1. The van der Waals surface area contributed by atoms with Crippen LogP contribution in [-0.4, -0.2) is 35.1 Å². The third-order valence-corrected chi connectivity index (χ3v) is 5.87. The number of anilines is 1. The van der Waals surface area contributed by atoms with Crippen molar-refractivity contribution >= 4 is 22.9 Å². The van der Waals surface area contributed by atoms with Gasteiger partial charge in [0, 0.05) is 18.8 Å². The Morgan fingerprint density at radius 1 is 1.12 bits per heavy atom. The maximum Gasteiger partial charge on any atom is 0.229 e. The summed E-state index contributed by atoms with van der Waals surface area (Å²) in [6.45, 7) is 4.57. The molecule has 2 aromatic rings. The van der Waals surface area contributed by atoms with Crippen molar-refractivity contribution in [1.82, 2.24) is 9.55 Å². The summed E-state index contributed by atoms with van der Waals surface area (Å²) in [5.74, 6) is 1.05. The van der Waals surface area contributed by atoms with Gasteiger partial charge in [0.15, 0.2) is 0 Å². The van der Waals surface area contributed by atoms with Crippen LogP contribution in [0.2, 0.25) is 0 Å². The van der Waals surface area contributed by atoms with E-state index < -0.39 is 0 Å². The second-order valence-corrected chi connectivity index (χ2v) is 7.61. The molecule has 1 saturated carbocycles. The number of rotatable bonds is 5. The lowest BCUT2D eigenvalue weighted by atomic mass is 9.89. The summed E-state index contributed by atoms with van der Waals surface area (Å²) in [6.07, 6.45) is 8.32. The molecule has 1 aliphatic heterocycles. The lowest BCUT2D eigenvalue weighted by Crippen LogP contribution is -3.10. The molecule has 1 aliphatic carbocycles. The molecule has 5 nitrogen and oxygen atoms in total. The molecule has 2 fully saturated rings. The van der Waals surface area contributed by atoms with Crippen LogP contribution in [0.5, 0.6) is 0 Å². The summed E-state index contributed by atoms with van der Waals surface area (Å²) < 4.78 is 2.21. The molecule has 1 aromatic carbocycles. The molecule has 0 unspecified atom stereocenters. The summed E-state index contributed by atoms with van der Waals surface area (Å²) in [4.78, 5) is 19.1. The van der Waals surface area contributed by atoms with E-state index in [9.17, 15) is 4.79 Å². The van der Waals surface area contributed by atoms with E-state index in [2.05, 4.69) is 22.0 Å². The van der Waals surface area contributed by atoms with E-state index in [0.29, 0.717) is 0 Å². The molecule has 2 aliphatic rings. The molecule has 0 radical (unpaired) electrons. The zero-order valence-corrected chi connectivity index (χ0v) is 15.0. The Morgan fingerprint density at radius 2 is 1.88 bits per heavy atom. The number of amides is 1. The largest absolute Gasteiger partial charge is 0.333 e. The highest BCUT2D eigenvalue weighted by Crippen LogP contribution is 2.26. The molecule has 5 heteroatoms. The number of para-hydroxylation sites is 2. The molecule has 2 N–H and O–H groups in total. The smallest absolute Gasteiger partial charge is 0.229 e. The van der Waals surface area contributed by atoms with Gasteiger partial charge in [0.1, 0.15) is 0 Å². The molecule has 0 bridgehead atoms. The van der Waals surface area contributed by atoms with Crippen LogP contribution in [0.4, 0.5) is 5.95 Å². The van der Waals surface area contributed by atoms with E-state index in [-0.39, 0.29) is 11.8 Å². The maximum atomic E-state index is 12.7. The minimum absolute atomic E-state index is 0.157. The number of nitrogens with one attached hydrogen (secondary N) is 2. The monoisotopic (exact) mass is 341 g/mol. The minimum atomic E-state index is 0.157. The van der Waals surface area contributed by atoms with E-state index in [1.54, 1.807) is 4.90 Å². The van der Waals surface area contributed by atoms with Crippen LogP contribution in [0.25, 0.3) is 11.0 Å². The Balaban J connectivity index is 1.53. The number of likely N-dealkylation sites (tertiary alicyclic amines) is 1. The molecule has 25 heavy (non-hydrogen) atoms. The fraction of sp³-hybridized carbons (Fsp3) is 0.600. The Morgan fingerprint density at radius 3 is 2.68 bits per heavy atom. The van der Waals surface area contributed by atoms with Crippen LogP contribution >= 0.6 is 0 Å². The molecule has 0 spiro atoms. The third-order valence-electron chi connectivity index (χ3n) is 5.87. The van der Waals surface area contributed by atoms with Crippen molar-refractivity contribution in [2.75, 3.05) is 25.0 Å². The van der Waals surface area contributed by atoms with Gasteiger partial charge >= 0.3 is 0 Å². The molecule has 2 heterocycles. The fourth-order valence-corrected chi connectivity index (χ4v) is 4.37. The Labute approximate surface area is 149 Å². The number of fused-ring (bicyclic) bond motifs is 1. The molecule has 4 rings (SSSR count). The van der Waals surface area contributed by atoms with Crippen LogP contribution < -0.4 is 10.2 Å². The Hall–Kier alpha value is -1.88. The molecule has 134 valence electrons. The highest BCUT2D eigenvalue weighted by atomic mass is 16.2. The van der Waals surface area contributed by atoms with Gasteiger partial charge in [-0.1, -0.05) is 31.4 Å².